The second-order valence-corrected chi connectivity index (χ2v) is 7.07. The lowest BCUT2D eigenvalue weighted by Crippen LogP contribution is -2.12. The molecule has 0 aliphatic heterocycles. The quantitative estimate of drug-likeness (QED) is 0.621. The summed E-state index contributed by atoms with van der Waals surface area (Å²) in [5, 5.41) is 3.54. The molecular weight excluding hydrogens is 395 g/mol. The van der Waals surface area contributed by atoms with Gasteiger partial charge in [0.1, 0.15) is 0 Å². The zero-order valence-electron chi connectivity index (χ0n) is 11.6. The number of halogens is 1. The fraction of sp³-hybridized carbons (Fsp3) is 0.125. The maximum Gasteiger partial charge on any atom is 0.258 e. The topological polar surface area (TPSA) is 42.0 Å². The van der Waals surface area contributed by atoms with E-state index in [-0.39, 0.29) is 5.91 Å². The Morgan fingerprint density at radius 2 is 2.00 bits per heavy atom. The number of hydrogen-bond donors (Lipinski definition) is 1. The lowest BCUT2D eigenvalue weighted by molar-refractivity contribution is 0.102. The van der Waals surface area contributed by atoms with Crippen LogP contribution >= 0.6 is 33.9 Å². The normalized spacial score (nSPS) is 10.8. The molecule has 0 aliphatic carbocycles. The van der Waals surface area contributed by atoms with Crippen LogP contribution in [0.2, 0.25) is 0 Å². The van der Waals surface area contributed by atoms with Crippen molar-refractivity contribution < 1.29 is 4.79 Å². The van der Waals surface area contributed by atoms with Gasteiger partial charge in [-0.15, -0.1) is 0 Å². The number of fused-ring (bicyclic) bond motifs is 1. The van der Waals surface area contributed by atoms with E-state index in [1.807, 2.05) is 31.2 Å². The van der Waals surface area contributed by atoms with E-state index in [9.17, 15) is 4.79 Å². The smallest absolute Gasteiger partial charge is 0.258 e. The van der Waals surface area contributed by atoms with Crippen LogP contribution in [-0.2, 0) is 0 Å². The van der Waals surface area contributed by atoms with Gasteiger partial charge >= 0.3 is 0 Å². The molecule has 5 heteroatoms. The zero-order valence-corrected chi connectivity index (χ0v) is 14.6. The molecule has 0 saturated heterocycles. The van der Waals surface area contributed by atoms with E-state index in [4.69, 9.17) is 0 Å². The number of anilines is 1. The Labute approximate surface area is 140 Å². The van der Waals surface area contributed by atoms with Crippen LogP contribution in [0.1, 0.15) is 21.5 Å². The minimum atomic E-state index is -0.117. The molecule has 1 N–H and O–H groups in total. The molecule has 0 atom stereocenters. The van der Waals surface area contributed by atoms with Crippen molar-refractivity contribution in [2.24, 2.45) is 0 Å². The van der Waals surface area contributed by atoms with Gasteiger partial charge in [-0.3, -0.25) is 10.1 Å². The first-order valence-corrected chi connectivity index (χ1v) is 8.38. The van der Waals surface area contributed by atoms with Crippen molar-refractivity contribution in [3.05, 3.63) is 56.7 Å². The van der Waals surface area contributed by atoms with Crippen LogP contribution in [-0.4, -0.2) is 10.9 Å². The third kappa shape index (κ3) is 2.94. The SMILES string of the molecule is Cc1cc(C)c2nc(NC(=O)c3ccccc3I)sc2c1. The predicted molar refractivity (Wildman–Crippen MR) is 96.2 cm³/mol. The van der Waals surface area contributed by atoms with Gasteiger partial charge in [0.25, 0.3) is 5.91 Å². The molecule has 0 unspecified atom stereocenters. The van der Waals surface area contributed by atoms with E-state index < -0.39 is 0 Å². The Morgan fingerprint density at radius 3 is 2.76 bits per heavy atom. The highest BCUT2D eigenvalue weighted by Gasteiger charge is 2.13. The molecule has 106 valence electrons. The fourth-order valence-electron chi connectivity index (χ4n) is 2.23. The summed E-state index contributed by atoms with van der Waals surface area (Å²) in [6.45, 7) is 4.11. The molecule has 1 amide bonds. The number of carbonyl (C=O) groups is 1. The minimum absolute atomic E-state index is 0.117. The first kappa shape index (κ1) is 14.5. The molecule has 3 rings (SSSR count). The second kappa shape index (κ2) is 5.73. The molecular formula is C16H13IN2OS. The van der Waals surface area contributed by atoms with Crippen molar-refractivity contribution in [3.63, 3.8) is 0 Å². The number of nitrogens with zero attached hydrogens (tertiary/aromatic N) is 1. The van der Waals surface area contributed by atoms with E-state index in [0.29, 0.717) is 10.7 Å². The van der Waals surface area contributed by atoms with Crippen LogP contribution in [0, 0.1) is 17.4 Å². The summed E-state index contributed by atoms with van der Waals surface area (Å²) in [6, 6.07) is 11.7. The highest BCUT2D eigenvalue weighted by Crippen LogP contribution is 2.29. The average Bonchev–Trinajstić information content (AvgIpc) is 2.81. The lowest BCUT2D eigenvalue weighted by Gasteiger charge is -2.03. The van der Waals surface area contributed by atoms with Crippen molar-refractivity contribution in [2.45, 2.75) is 13.8 Å². The van der Waals surface area contributed by atoms with Gasteiger partial charge in [-0.2, -0.15) is 0 Å². The Hall–Kier alpha value is -1.47. The Kier molecular flexibility index (Phi) is 3.95. The standard InChI is InChI=1S/C16H13IN2OS/c1-9-7-10(2)14-13(8-9)21-16(18-14)19-15(20)11-5-3-4-6-12(11)17/h3-8H,1-2H3,(H,18,19,20). The maximum absolute atomic E-state index is 12.3. The maximum atomic E-state index is 12.3. The molecule has 0 radical (unpaired) electrons. The number of rotatable bonds is 2. The summed E-state index contributed by atoms with van der Waals surface area (Å²) in [5.74, 6) is -0.117. The van der Waals surface area contributed by atoms with Gasteiger partial charge in [-0.05, 0) is 65.8 Å². The number of hydrogen-bond acceptors (Lipinski definition) is 3. The molecule has 0 bridgehead atoms. The second-order valence-electron chi connectivity index (χ2n) is 4.88. The zero-order chi connectivity index (χ0) is 15.0. The van der Waals surface area contributed by atoms with Crippen LogP contribution in [0.3, 0.4) is 0 Å². The van der Waals surface area contributed by atoms with Crippen LogP contribution in [0.15, 0.2) is 36.4 Å². The Balaban J connectivity index is 1.94. The molecule has 1 heterocycles. The van der Waals surface area contributed by atoms with E-state index in [2.05, 4.69) is 51.9 Å². The Bertz CT molecular complexity index is 841. The number of carbonyl (C=O) groups excluding carboxylic acids is 1. The van der Waals surface area contributed by atoms with Crippen LogP contribution in [0.4, 0.5) is 5.13 Å². The van der Waals surface area contributed by atoms with Gasteiger partial charge in [0.05, 0.1) is 15.8 Å². The number of thiazole rings is 1. The highest BCUT2D eigenvalue weighted by molar-refractivity contribution is 14.1. The molecule has 3 aromatic rings. The van der Waals surface area contributed by atoms with Crippen LogP contribution in [0.5, 0.6) is 0 Å². The summed E-state index contributed by atoms with van der Waals surface area (Å²) in [6.07, 6.45) is 0. The summed E-state index contributed by atoms with van der Waals surface area (Å²) in [5.41, 5.74) is 3.98. The van der Waals surface area contributed by atoms with Gasteiger partial charge in [0, 0.05) is 3.57 Å². The summed E-state index contributed by atoms with van der Waals surface area (Å²) in [4.78, 5) is 16.8. The molecule has 0 aliphatic rings. The average molecular weight is 408 g/mol. The molecule has 21 heavy (non-hydrogen) atoms. The van der Waals surface area contributed by atoms with Crippen molar-refractivity contribution >= 4 is 55.2 Å². The van der Waals surface area contributed by atoms with E-state index >= 15 is 0 Å². The number of nitrogens with one attached hydrogen (secondary N) is 1. The van der Waals surface area contributed by atoms with Gasteiger partial charge in [-0.25, -0.2) is 4.98 Å². The molecule has 2 aromatic carbocycles. The van der Waals surface area contributed by atoms with Crippen molar-refractivity contribution in [1.82, 2.24) is 4.98 Å². The fourth-order valence-corrected chi connectivity index (χ4v) is 3.90. The third-order valence-corrected chi connectivity index (χ3v) is 5.03. The molecule has 0 fully saturated rings. The molecule has 0 saturated carbocycles. The monoisotopic (exact) mass is 408 g/mol. The van der Waals surface area contributed by atoms with E-state index in [0.717, 1.165) is 19.4 Å². The largest absolute Gasteiger partial charge is 0.298 e. The summed E-state index contributed by atoms with van der Waals surface area (Å²) in [7, 11) is 0. The number of aryl methyl sites for hydroxylation is 2. The molecule has 1 aromatic heterocycles. The first-order valence-electron chi connectivity index (χ1n) is 6.48. The lowest BCUT2D eigenvalue weighted by atomic mass is 10.1. The summed E-state index contributed by atoms with van der Waals surface area (Å²) >= 11 is 3.67. The highest BCUT2D eigenvalue weighted by atomic mass is 127. The van der Waals surface area contributed by atoms with Crippen molar-refractivity contribution in [2.75, 3.05) is 5.32 Å². The summed E-state index contributed by atoms with van der Waals surface area (Å²) < 4.78 is 2.03. The van der Waals surface area contributed by atoms with Crippen molar-refractivity contribution in [3.8, 4) is 0 Å². The van der Waals surface area contributed by atoms with E-state index in [1.54, 1.807) is 0 Å². The predicted octanol–water partition coefficient (Wildman–Crippen LogP) is 4.77. The van der Waals surface area contributed by atoms with Gasteiger partial charge in [0.15, 0.2) is 5.13 Å². The number of benzene rings is 2. The van der Waals surface area contributed by atoms with Crippen molar-refractivity contribution in [1.29, 1.82) is 0 Å². The van der Waals surface area contributed by atoms with Gasteiger partial charge in [-0.1, -0.05) is 29.5 Å². The van der Waals surface area contributed by atoms with E-state index in [1.165, 1.54) is 16.9 Å². The number of amides is 1. The first-order chi connectivity index (χ1) is 10.0. The van der Waals surface area contributed by atoms with Gasteiger partial charge in [0.2, 0.25) is 0 Å². The van der Waals surface area contributed by atoms with Gasteiger partial charge < -0.3 is 0 Å². The number of aromatic nitrogens is 1. The van der Waals surface area contributed by atoms with Crippen LogP contribution < -0.4 is 5.32 Å². The minimum Gasteiger partial charge on any atom is -0.298 e. The molecule has 0 spiro atoms. The van der Waals surface area contributed by atoms with Crippen LogP contribution in [0.25, 0.3) is 10.2 Å². The molecule has 3 nitrogen and oxygen atoms in total. The third-order valence-electron chi connectivity index (χ3n) is 3.17. The Morgan fingerprint density at radius 1 is 1.24 bits per heavy atom.